The Hall–Kier alpha value is -1.51. The highest BCUT2D eigenvalue weighted by atomic mass is 32.3. The number of hydrogen-bond donors (Lipinski definition) is 4. The zero-order valence-electron chi connectivity index (χ0n) is 7.65. The summed E-state index contributed by atoms with van der Waals surface area (Å²) in [7, 11) is -3.24. The number of rotatable bonds is 1. The molecule has 8 heteroatoms. The monoisotopic (exact) mass is 238 g/mol. The summed E-state index contributed by atoms with van der Waals surface area (Å²) in [4.78, 5) is 0. The van der Waals surface area contributed by atoms with Crippen LogP contribution in [0.5, 0.6) is 17.2 Å². The SMILES string of the molecule is COc1cccc(O)c1O.O=S(=O)(O)O. The normalized spacial score (nSPS) is 10.1. The summed E-state index contributed by atoms with van der Waals surface area (Å²) >= 11 is 0. The van der Waals surface area contributed by atoms with E-state index >= 15 is 0 Å². The van der Waals surface area contributed by atoms with Gasteiger partial charge < -0.3 is 14.9 Å². The maximum atomic E-state index is 9.02. The minimum Gasteiger partial charge on any atom is -0.504 e. The van der Waals surface area contributed by atoms with Crippen LogP contribution >= 0.6 is 0 Å². The molecule has 0 bridgehead atoms. The van der Waals surface area contributed by atoms with Gasteiger partial charge >= 0.3 is 10.4 Å². The summed E-state index contributed by atoms with van der Waals surface area (Å²) in [5.41, 5.74) is 0. The predicted octanol–water partition coefficient (Wildman–Crippen LogP) is 0.454. The van der Waals surface area contributed by atoms with E-state index in [1.165, 1.54) is 13.2 Å². The second kappa shape index (κ2) is 5.39. The van der Waals surface area contributed by atoms with Gasteiger partial charge in [-0.2, -0.15) is 8.42 Å². The second-order valence-electron chi connectivity index (χ2n) is 2.28. The molecule has 1 aromatic carbocycles. The lowest BCUT2D eigenvalue weighted by Crippen LogP contribution is -1.89. The van der Waals surface area contributed by atoms with E-state index in [0.717, 1.165) is 0 Å². The number of ether oxygens (including phenoxy) is 1. The van der Waals surface area contributed by atoms with E-state index in [1.807, 2.05) is 0 Å². The third kappa shape index (κ3) is 6.55. The van der Waals surface area contributed by atoms with Crippen molar-refractivity contribution in [2.45, 2.75) is 0 Å². The summed E-state index contributed by atoms with van der Waals surface area (Å²) in [6, 6.07) is 4.54. The molecule has 1 aromatic rings. The van der Waals surface area contributed by atoms with Crippen molar-refractivity contribution in [3.8, 4) is 17.2 Å². The molecular weight excluding hydrogens is 228 g/mol. The van der Waals surface area contributed by atoms with Gasteiger partial charge in [-0.15, -0.1) is 0 Å². The Morgan fingerprint density at radius 2 is 1.67 bits per heavy atom. The van der Waals surface area contributed by atoms with Crippen molar-refractivity contribution >= 4 is 10.4 Å². The molecule has 0 heterocycles. The summed E-state index contributed by atoms with van der Waals surface area (Å²) in [5.74, 6) is -0.107. The summed E-state index contributed by atoms with van der Waals surface area (Å²) < 4.78 is 36.3. The highest BCUT2D eigenvalue weighted by Gasteiger charge is 2.03. The average molecular weight is 238 g/mol. The van der Waals surface area contributed by atoms with Crippen molar-refractivity contribution in [3.63, 3.8) is 0 Å². The quantitative estimate of drug-likeness (QED) is 0.413. The minimum atomic E-state index is -4.67. The molecule has 0 aliphatic rings. The van der Waals surface area contributed by atoms with Crippen molar-refractivity contribution in [3.05, 3.63) is 18.2 Å². The fraction of sp³-hybridized carbons (Fsp3) is 0.143. The molecule has 7 nitrogen and oxygen atoms in total. The first-order valence-corrected chi connectivity index (χ1v) is 4.90. The molecule has 0 aromatic heterocycles. The van der Waals surface area contributed by atoms with E-state index in [4.69, 9.17) is 32.5 Å². The van der Waals surface area contributed by atoms with Crippen LogP contribution < -0.4 is 4.74 Å². The molecule has 0 saturated carbocycles. The lowest BCUT2D eigenvalue weighted by molar-refractivity contribution is 0.351. The van der Waals surface area contributed by atoms with Crippen LogP contribution in [0.3, 0.4) is 0 Å². The van der Waals surface area contributed by atoms with Crippen molar-refractivity contribution in [1.29, 1.82) is 0 Å². The van der Waals surface area contributed by atoms with Gasteiger partial charge in [-0.1, -0.05) is 6.07 Å². The number of benzene rings is 1. The smallest absolute Gasteiger partial charge is 0.394 e. The number of hydrogen-bond acceptors (Lipinski definition) is 5. The summed E-state index contributed by atoms with van der Waals surface area (Å²) in [6.45, 7) is 0. The Morgan fingerprint density at radius 3 is 2.00 bits per heavy atom. The number of para-hydroxylation sites is 1. The molecule has 1 rings (SSSR count). The molecule has 0 aliphatic heterocycles. The Bertz CT molecular complexity index is 403. The van der Waals surface area contributed by atoms with Crippen LogP contribution in [0.15, 0.2) is 18.2 Å². The summed E-state index contributed by atoms with van der Waals surface area (Å²) in [5, 5.41) is 17.9. The molecule has 0 atom stereocenters. The Labute approximate surface area is 86.1 Å². The number of aromatic hydroxyl groups is 2. The van der Waals surface area contributed by atoms with E-state index in [-0.39, 0.29) is 17.2 Å². The predicted molar refractivity (Wildman–Crippen MR) is 50.5 cm³/mol. The van der Waals surface area contributed by atoms with Gasteiger partial charge in [0.05, 0.1) is 7.11 Å². The van der Waals surface area contributed by atoms with Gasteiger partial charge in [0.2, 0.25) is 0 Å². The molecule has 86 valence electrons. The molecule has 4 N–H and O–H groups in total. The molecule has 0 aliphatic carbocycles. The van der Waals surface area contributed by atoms with Crippen LogP contribution in [0.25, 0.3) is 0 Å². The van der Waals surface area contributed by atoms with Crippen molar-refractivity contribution in [1.82, 2.24) is 0 Å². The van der Waals surface area contributed by atoms with Gasteiger partial charge in [-0.05, 0) is 12.1 Å². The first-order chi connectivity index (χ1) is 6.75. The Morgan fingerprint density at radius 1 is 1.20 bits per heavy atom. The van der Waals surface area contributed by atoms with Crippen LogP contribution in [0.4, 0.5) is 0 Å². The van der Waals surface area contributed by atoms with E-state index in [1.54, 1.807) is 12.1 Å². The molecule has 0 radical (unpaired) electrons. The summed E-state index contributed by atoms with van der Waals surface area (Å²) in [6.07, 6.45) is 0. The van der Waals surface area contributed by atoms with Crippen LogP contribution in [0.1, 0.15) is 0 Å². The van der Waals surface area contributed by atoms with E-state index < -0.39 is 10.4 Å². The van der Waals surface area contributed by atoms with Gasteiger partial charge in [0.15, 0.2) is 17.2 Å². The molecule has 15 heavy (non-hydrogen) atoms. The van der Waals surface area contributed by atoms with Crippen molar-refractivity contribution in [2.75, 3.05) is 7.11 Å². The Balaban J connectivity index is 0.000000336. The van der Waals surface area contributed by atoms with Crippen molar-refractivity contribution in [2.24, 2.45) is 0 Å². The van der Waals surface area contributed by atoms with Crippen LogP contribution in [0, 0.1) is 0 Å². The first-order valence-electron chi connectivity index (χ1n) is 3.50. The lowest BCUT2D eigenvalue weighted by atomic mass is 10.3. The number of phenolic OH excluding ortho intramolecular Hbond substituents is 2. The van der Waals surface area contributed by atoms with Gasteiger partial charge in [0, 0.05) is 0 Å². The van der Waals surface area contributed by atoms with Crippen LogP contribution in [-0.2, 0) is 10.4 Å². The molecule has 0 fully saturated rings. The maximum Gasteiger partial charge on any atom is 0.394 e. The van der Waals surface area contributed by atoms with Crippen LogP contribution in [-0.4, -0.2) is 34.8 Å². The zero-order chi connectivity index (χ0) is 12.1. The van der Waals surface area contributed by atoms with Gasteiger partial charge in [-0.3, -0.25) is 9.11 Å². The maximum absolute atomic E-state index is 9.02. The number of methoxy groups -OCH3 is 1. The lowest BCUT2D eigenvalue weighted by Gasteiger charge is -2.02. The van der Waals surface area contributed by atoms with Gasteiger partial charge in [0.1, 0.15) is 0 Å². The Kier molecular flexibility index (Phi) is 4.85. The second-order valence-corrected chi connectivity index (χ2v) is 3.17. The third-order valence-corrected chi connectivity index (χ3v) is 1.20. The standard InChI is InChI=1S/C7H8O3.H2O4S/c1-10-6-4-2-3-5(8)7(6)9;1-5(2,3)4/h2-4,8-9H,1H3;(H2,1,2,3,4). The topological polar surface area (TPSA) is 124 Å². The van der Waals surface area contributed by atoms with Crippen molar-refractivity contribution < 1.29 is 32.5 Å². The van der Waals surface area contributed by atoms with Gasteiger partial charge in [0.25, 0.3) is 0 Å². The fourth-order valence-electron chi connectivity index (χ4n) is 0.675. The van der Waals surface area contributed by atoms with E-state index in [9.17, 15) is 0 Å². The zero-order valence-corrected chi connectivity index (χ0v) is 8.47. The minimum absolute atomic E-state index is 0.167. The van der Waals surface area contributed by atoms with E-state index in [0.29, 0.717) is 0 Å². The van der Waals surface area contributed by atoms with Crippen LogP contribution in [0.2, 0.25) is 0 Å². The highest BCUT2D eigenvalue weighted by molar-refractivity contribution is 7.79. The molecular formula is C7H10O7S. The molecule has 0 spiro atoms. The van der Waals surface area contributed by atoms with E-state index in [2.05, 4.69) is 0 Å². The van der Waals surface area contributed by atoms with Gasteiger partial charge in [-0.25, -0.2) is 0 Å². The third-order valence-electron chi connectivity index (χ3n) is 1.20. The largest absolute Gasteiger partial charge is 0.504 e. The molecule has 0 saturated heterocycles. The molecule has 0 unspecified atom stereocenters. The highest BCUT2D eigenvalue weighted by Crippen LogP contribution is 2.33. The average Bonchev–Trinajstić information content (AvgIpc) is 2.07. The first kappa shape index (κ1) is 13.5. The molecule has 0 amide bonds. The fourth-order valence-corrected chi connectivity index (χ4v) is 0.675. The number of phenols is 2.